The standard InChI is InChI=1S/C25H27NO4S/c1-16-8-10-20(31-26-25(2,3)4)14-21(16)18-7-5-6-17(12-18)15-30-19-9-11-23(27)22(13-19)24(28)29/h5-14,26-27H,15H2,1-4H3,(H,28,29). The molecular formula is C25H27NO4S. The molecule has 0 bridgehead atoms. The van der Waals surface area contributed by atoms with Gasteiger partial charge in [0, 0.05) is 10.4 Å². The molecule has 0 spiro atoms. The lowest BCUT2D eigenvalue weighted by molar-refractivity contribution is 0.0693. The van der Waals surface area contributed by atoms with Gasteiger partial charge in [-0.1, -0.05) is 24.3 Å². The fraction of sp³-hybridized carbons (Fsp3) is 0.240. The minimum absolute atomic E-state index is 0.0156. The highest BCUT2D eigenvalue weighted by Gasteiger charge is 2.12. The number of hydrogen-bond acceptors (Lipinski definition) is 5. The van der Waals surface area contributed by atoms with Gasteiger partial charge in [-0.2, -0.15) is 0 Å². The second kappa shape index (κ2) is 9.45. The quantitative estimate of drug-likeness (QED) is 0.391. The Morgan fingerprint density at radius 1 is 1.06 bits per heavy atom. The van der Waals surface area contributed by atoms with Gasteiger partial charge in [-0.05, 0) is 98.3 Å². The number of carbonyl (C=O) groups is 1. The first kappa shape index (κ1) is 22.7. The summed E-state index contributed by atoms with van der Waals surface area (Å²) in [6.45, 7) is 8.77. The first-order valence-corrected chi connectivity index (χ1v) is 10.8. The Morgan fingerprint density at radius 3 is 2.55 bits per heavy atom. The molecule has 0 aliphatic carbocycles. The molecule has 3 aromatic carbocycles. The van der Waals surface area contributed by atoms with Crippen molar-refractivity contribution in [2.24, 2.45) is 0 Å². The van der Waals surface area contributed by atoms with E-state index in [1.807, 2.05) is 12.1 Å². The lowest BCUT2D eigenvalue weighted by Gasteiger charge is -2.20. The van der Waals surface area contributed by atoms with E-state index in [-0.39, 0.29) is 23.5 Å². The van der Waals surface area contributed by atoms with Gasteiger partial charge in [0.15, 0.2) is 0 Å². The monoisotopic (exact) mass is 437 g/mol. The van der Waals surface area contributed by atoms with Crippen molar-refractivity contribution < 1.29 is 19.7 Å². The van der Waals surface area contributed by atoms with Crippen molar-refractivity contribution in [1.82, 2.24) is 4.72 Å². The summed E-state index contributed by atoms with van der Waals surface area (Å²) in [4.78, 5) is 12.3. The van der Waals surface area contributed by atoms with Crippen molar-refractivity contribution in [2.45, 2.75) is 44.7 Å². The van der Waals surface area contributed by atoms with Crippen LogP contribution in [0.1, 0.15) is 42.3 Å². The highest BCUT2D eigenvalue weighted by molar-refractivity contribution is 7.97. The van der Waals surface area contributed by atoms with E-state index in [2.05, 4.69) is 62.7 Å². The number of phenols is 1. The van der Waals surface area contributed by atoms with Gasteiger partial charge in [-0.25, -0.2) is 4.79 Å². The maximum Gasteiger partial charge on any atom is 0.339 e. The number of aromatic carboxylic acids is 1. The number of aromatic hydroxyl groups is 1. The van der Waals surface area contributed by atoms with Gasteiger partial charge in [0.1, 0.15) is 23.7 Å². The van der Waals surface area contributed by atoms with Gasteiger partial charge in [0.25, 0.3) is 0 Å². The number of carboxylic acids is 1. The van der Waals surface area contributed by atoms with Crippen LogP contribution in [0.2, 0.25) is 0 Å². The third kappa shape index (κ3) is 6.26. The molecule has 31 heavy (non-hydrogen) atoms. The molecule has 3 aromatic rings. The Kier molecular flexibility index (Phi) is 6.93. The Balaban J connectivity index is 1.78. The number of hydrogen-bond donors (Lipinski definition) is 3. The zero-order valence-electron chi connectivity index (χ0n) is 18.1. The molecule has 0 aliphatic heterocycles. The molecule has 6 heteroatoms. The van der Waals surface area contributed by atoms with Crippen molar-refractivity contribution in [1.29, 1.82) is 0 Å². The van der Waals surface area contributed by atoms with E-state index in [0.29, 0.717) is 5.75 Å². The summed E-state index contributed by atoms with van der Waals surface area (Å²) in [7, 11) is 0. The van der Waals surface area contributed by atoms with Crippen LogP contribution in [0.3, 0.4) is 0 Å². The minimum atomic E-state index is -1.20. The second-order valence-electron chi connectivity index (χ2n) is 8.40. The molecule has 0 amide bonds. The largest absolute Gasteiger partial charge is 0.507 e. The van der Waals surface area contributed by atoms with Crippen LogP contribution in [0.15, 0.2) is 65.6 Å². The van der Waals surface area contributed by atoms with E-state index in [9.17, 15) is 9.90 Å². The molecule has 0 radical (unpaired) electrons. The van der Waals surface area contributed by atoms with Crippen molar-refractivity contribution >= 4 is 17.9 Å². The number of rotatable bonds is 7. The van der Waals surface area contributed by atoms with E-state index in [0.717, 1.165) is 21.6 Å². The topological polar surface area (TPSA) is 78.8 Å². The smallest absolute Gasteiger partial charge is 0.339 e. The first-order valence-electron chi connectivity index (χ1n) is 9.95. The fourth-order valence-corrected chi connectivity index (χ4v) is 3.70. The predicted octanol–water partition coefficient (Wildman–Crippen LogP) is 6.04. The van der Waals surface area contributed by atoms with E-state index in [4.69, 9.17) is 9.84 Å². The Labute approximate surface area is 187 Å². The molecule has 0 unspecified atom stereocenters. The summed E-state index contributed by atoms with van der Waals surface area (Å²) in [5.74, 6) is -1.08. The zero-order valence-corrected chi connectivity index (χ0v) is 18.9. The number of benzene rings is 3. The van der Waals surface area contributed by atoms with E-state index in [1.165, 1.54) is 17.7 Å². The minimum Gasteiger partial charge on any atom is -0.507 e. The molecule has 5 nitrogen and oxygen atoms in total. The number of nitrogens with one attached hydrogen (secondary N) is 1. The third-order valence-electron chi connectivity index (χ3n) is 4.53. The molecule has 0 fully saturated rings. The van der Waals surface area contributed by atoms with Gasteiger partial charge in [0.2, 0.25) is 0 Å². The van der Waals surface area contributed by atoms with Gasteiger partial charge in [-0.3, -0.25) is 4.72 Å². The summed E-state index contributed by atoms with van der Waals surface area (Å²) in [5.41, 5.74) is 4.23. The molecular weight excluding hydrogens is 410 g/mol. The Morgan fingerprint density at radius 2 is 1.84 bits per heavy atom. The zero-order chi connectivity index (χ0) is 22.6. The Hall–Kier alpha value is -2.96. The van der Waals surface area contributed by atoms with Crippen LogP contribution in [-0.2, 0) is 6.61 Å². The third-order valence-corrected chi connectivity index (χ3v) is 5.73. The van der Waals surface area contributed by atoms with Crippen LogP contribution >= 0.6 is 11.9 Å². The average Bonchev–Trinajstić information content (AvgIpc) is 2.72. The fourth-order valence-electron chi connectivity index (χ4n) is 2.96. The average molecular weight is 438 g/mol. The van der Waals surface area contributed by atoms with Crippen molar-refractivity contribution in [3.63, 3.8) is 0 Å². The molecule has 0 aromatic heterocycles. The first-order chi connectivity index (χ1) is 14.6. The highest BCUT2D eigenvalue weighted by atomic mass is 32.2. The van der Waals surface area contributed by atoms with Crippen LogP contribution in [0.4, 0.5) is 0 Å². The van der Waals surface area contributed by atoms with Gasteiger partial charge in [-0.15, -0.1) is 0 Å². The lowest BCUT2D eigenvalue weighted by atomic mass is 9.99. The van der Waals surface area contributed by atoms with Crippen LogP contribution in [0.5, 0.6) is 11.5 Å². The molecule has 3 N–H and O–H groups in total. The molecule has 162 valence electrons. The lowest BCUT2D eigenvalue weighted by Crippen LogP contribution is -2.29. The Bertz CT molecular complexity index is 1090. The summed E-state index contributed by atoms with van der Waals surface area (Å²) in [6, 6.07) is 18.7. The normalized spacial score (nSPS) is 11.4. The van der Waals surface area contributed by atoms with E-state index in [1.54, 1.807) is 18.0 Å². The van der Waals surface area contributed by atoms with Gasteiger partial charge in [0.05, 0.1) is 0 Å². The van der Waals surface area contributed by atoms with Crippen LogP contribution in [0.25, 0.3) is 11.1 Å². The van der Waals surface area contributed by atoms with E-state index >= 15 is 0 Å². The molecule has 0 atom stereocenters. The number of ether oxygens (including phenoxy) is 1. The van der Waals surface area contributed by atoms with E-state index < -0.39 is 5.97 Å². The maximum absolute atomic E-state index is 11.2. The molecule has 0 heterocycles. The van der Waals surface area contributed by atoms with Crippen LogP contribution in [-0.4, -0.2) is 21.7 Å². The van der Waals surface area contributed by atoms with Crippen molar-refractivity contribution in [3.05, 3.63) is 77.4 Å². The van der Waals surface area contributed by atoms with Crippen LogP contribution in [0, 0.1) is 6.92 Å². The predicted molar refractivity (Wildman–Crippen MR) is 125 cm³/mol. The molecule has 0 saturated carbocycles. The summed E-state index contributed by atoms with van der Waals surface area (Å²) in [5, 5.41) is 18.8. The van der Waals surface area contributed by atoms with Gasteiger partial charge >= 0.3 is 5.97 Å². The van der Waals surface area contributed by atoms with Crippen molar-refractivity contribution in [3.8, 4) is 22.6 Å². The SMILES string of the molecule is Cc1ccc(SNC(C)(C)C)cc1-c1cccc(COc2ccc(O)c(C(=O)O)c2)c1. The number of carboxylic acid groups (broad SMARTS) is 1. The molecule has 0 saturated heterocycles. The summed E-state index contributed by atoms with van der Waals surface area (Å²) >= 11 is 1.62. The number of aryl methyl sites for hydroxylation is 1. The summed E-state index contributed by atoms with van der Waals surface area (Å²) < 4.78 is 9.21. The molecule has 0 aliphatic rings. The van der Waals surface area contributed by atoms with Crippen molar-refractivity contribution in [2.75, 3.05) is 0 Å². The van der Waals surface area contributed by atoms with Gasteiger partial charge < -0.3 is 14.9 Å². The molecule has 3 rings (SSSR count). The second-order valence-corrected chi connectivity index (χ2v) is 9.28. The maximum atomic E-state index is 11.2. The van der Waals surface area contributed by atoms with Crippen LogP contribution < -0.4 is 9.46 Å². The summed E-state index contributed by atoms with van der Waals surface area (Å²) in [6.07, 6.45) is 0. The highest BCUT2D eigenvalue weighted by Crippen LogP contribution is 2.30.